The maximum atomic E-state index is 12.5. The van der Waals surface area contributed by atoms with Gasteiger partial charge in [0.15, 0.2) is 0 Å². The molecule has 27 heavy (non-hydrogen) atoms. The number of nitrogens with two attached hydrogens (primary N) is 1. The number of phenols is 1. The third-order valence-corrected chi connectivity index (χ3v) is 4.52. The number of hydrogen-bond acceptors (Lipinski definition) is 4. The largest absolute Gasteiger partial charge is 0.508 e. The summed E-state index contributed by atoms with van der Waals surface area (Å²) in [6.45, 7) is 2.10. The smallest absolute Gasteiger partial charge is 0.313 e. The van der Waals surface area contributed by atoms with E-state index >= 15 is 0 Å². The van der Waals surface area contributed by atoms with Gasteiger partial charge in [-0.1, -0.05) is 42.5 Å². The first-order valence-electron chi connectivity index (χ1n) is 8.80. The minimum Gasteiger partial charge on any atom is -0.508 e. The molecule has 0 aliphatic heterocycles. The molecule has 0 amide bonds. The van der Waals surface area contributed by atoms with Gasteiger partial charge in [0.25, 0.3) is 0 Å². The molecular formula is C22H22N2O3. The Morgan fingerprint density at radius 2 is 1.78 bits per heavy atom. The molecule has 0 saturated carbocycles. The molecule has 0 fully saturated rings. The van der Waals surface area contributed by atoms with Crippen molar-refractivity contribution in [2.75, 3.05) is 6.61 Å². The van der Waals surface area contributed by atoms with Crippen molar-refractivity contribution < 1.29 is 14.6 Å². The van der Waals surface area contributed by atoms with Crippen LogP contribution in [0.4, 0.5) is 0 Å². The van der Waals surface area contributed by atoms with Gasteiger partial charge in [0, 0.05) is 5.56 Å². The van der Waals surface area contributed by atoms with E-state index < -0.39 is 5.92 Å². The summed E-state index contributed by atoms with van der Waals surface area (Å²) < 4.78 is 5.25. The van der Waals surface area contributed by atoms with Crippen LogP contribution in [-0.2, 0) is 16.0 Å². The van der Waals surface area contributed by atoms with Crippen molar-refractivity contribution in [2.45, 2.75) is 19.3 Å². The summed E-state index contributed by atoms with van der Waals surface area (Å²) in [6.07, 6.45) is 0.476. The molecule has 138 valence electrons. The number of amidine groups is 1. The van der Waals surface area contributed by atoms with Gasteiger partial charge in [-0.05, 0) is 53.4 Å². The fraction of sp³-hybridized carbons (Fsp3) is 0.182. The second-order valence-corrected chi connectivity index (χ2v) is 6.41. The average Bonchev–Trinajstić information content (AvgIpc) is 2.66. The lowest BCUT2D eigenvalue weighted by atomic mass is 9.91. The lowest BCUT2D eigenvalue weighted by molar-refractivity contribution is -0.144. The minimum atomic E-state index is -0.459. The number of benzene rings is 3. The van der Waals surface area contributed by atoms with Crippen LogP contribution in [0.25, 0.3) is 10.8 Å². The highest BCUT2D eigenvalue weighted by molar-refractivity contribution is 5.99. The molecule has 1 atom stereocenters. The number of ether oxygens (including phenoxy) is 1. The third-order valence-electron chi connectivity index (χ3n) is 4.52. The van der Waals surface area contributed by atoms with Crippen molar-refractivity contribution in [3.8, 4) is 5.75 Å². The van der Waals surface area contributed by atoms with Gasteiger partial charge in [-0.3, -0.25) is 10.2 Å². The Kier molecular flexibility index (Phi) is 5.41. The standard InChI is InChI=1S/C22H22N2O3/c1-2-27-22(26)20(16-7-9-19(25)10-8-16)12-14-3-4-15-5-6-17(21(23)24)13-18(15)11-14/h3-11,13,20,25H,2,12H2,1H3,(H3,23,24). The Morgan fingerprint density at radius 3 is 2.44 bits per heavy atom. The molecule has 0 radical (unpaired) electrons. The SMILES string of the molecule is CCOC(=O)C(Cc1ccc2ccc(C(=N)N)cc2c1)c1ccc(O)cc1. The van der Waals surface area contributed by atoms with Crippen LogP contribution in [0.2, 0.25) is 0 Å². The molecule has 0 saturated heterocycles. The maximum absolute atomic E-state index is 12.5. The fourth-order valence-electron chi connectivity index (χ4n) is 3.11. The average molecular weight is 362 g/mol. The molecule has 0 bridgehead atoms. The zero-order valence-corrected chi connectivity index (χ0v) is 15.1. The van der Waals surface area contributed by atoms with Crippen LogP contribution < -0.4 is 5.73 Å². The van der Waals surface area contributed by atoms with Gasteiger partial charge >= 0.3 is 5.97 Å². The lowest BCUT2D eigenvalue weighted by Crippen LogP contribution is -2.18. The van der Waals surface area contributed by atoms with Crippen LogP contribution in [0.15, 0.2) is 60.7 Å². The van der Waals surface area contributed by atoms with Crippen LogP contribution in [0.1, 0.15) is 29.5 Å². The summed E-state index contributed by atoms with van der Waals surface area (Å²) in [5.41, 5.74) is 8.03. The van der Waals surface area contributed by atoms with Crippen molar-refractivity contribution in [1.82, 2.24) is 0 Å². The minimum absolute atomic E-state index is 0.0239. The molecule has 1 unspecified atom stereocenters. The normalized spacial score (nSPS) is 11.9. The number of fused-ring (bicyclic) bond motifs is 1. The molecule has 0 aliphatic rings. The first kappa shape index (κ1) is 18.5. The van der Waals surface area contributed by atoms with E-state index in [9.17, 15) is 9.90 Å². The number of phenolic OH excluding ortho intramolecular Hbond substituents is 1. The van der Waals surface area contributed by atoms with Crippen molar-refractivity contribution in [1.29, 1.82) is 5.41 Å². The first-order chi connectivity index (χ1) is 13.0. The van der Waals surface area contributed by atoms with E-state index in [1.54, 1.807) is 31.2 Å². The van der Waals surface area contributed by atoms with Gasteiger partial charge < -0.3 is 15.6 Å². The number of esters is 1. The topological polar surface area (TPSA) is 96.4 Å². The van der Waals surface area contributed by atoms with Gasteiger partial charge in [-0.2, -0.15) is 0 Å². The van der Waals surface area contributed by atoms with E-state index in [1.807, 2.05) is 36.4 Å². The third kappa shape index (κ3) is 4.26. The zero-order valence-electron chi connectivity index (χ0n) is 15.1. The van der Waals surface area contributed by atoms with Crippen LogP contribution in [0, 0.1) is 5.41 Å². The van der Waals surface area contributed by atoms with Crippen molar-refractivity contribution >= 4 is 22.6 Å². The van der Waals surface area contributed by atoms with Crippen LogP contribution >= 0.6 is 0 Å². The number of nitrogen functional groups attached to an aromatic ring is 1. The Morgan fingerprint density at radius 1 is 1.07 bits per heavy atom. The Hall–Kier alpha value is -3.34. The molecule has 0 aromatic heterocycles. The summed E-state index contributed by atoms with van der Waals surface area (Å²) in [4.78, 5) is 12.5. The van der Waals surface area contributed by atoms with E-state index in [0.717, 1.165) is 21.9 Å². The number of aromatic hydroxyl groups is 1. The Labute approximate surface area is 157 Å². The molecule has 0 spiro atoms. The second-order valence-electron chi connectivity index (χ2n) is 6.41. The molecule has 3 rings (SSSR count). The molecule has 5 nitrogen and oxygen atoms in total. The van der Waals surface area contributed by atoms with Crippen LogP contribution in [0.3, 0.4) is 0 Å². The Balaban J connectivity index is 1.95. The quantitative estimate of drug-likeness (QED) is 0.354. The van der Waals surface area contributed by atoms with Crippen molar-refractivity contribution in [2.24, 2.45) is 5.73 Å². The zero-order chi connectivity index (χ0) is 19.4. The summed E-state index contributed by atoms with van der Waals surface area (Å²) in [6, 6.07) is 18.2. The summed E-state index contributed by atoms with van der Waals surface area (Å²) in [7, 11) is 0. The monoisotopic (exact) mass is 362 g/mol. The first-order valence-corrected chi connectivity index (χ1v) is 8.80. The summed E-state index contributed by atoms with van der Waals surface area (Å²) in [5, 5.41) is 19.1. The summed E-state index contributed by atoms with van der Waals surface area (Å²) in [5.74, 6) is -0.570. The Bertz CT molecular complexity index is 981. The number of hydrogen-bond donors (Lipinski definition) is 3. The highest BCUT2D eigenvalue weighted by atomic mass is 16.5. The van der Waals surface area contributed by atoms with Gasteiger partial charge in [0.2, 0.25) is 0 Å². The highest BCUT2D eigenvalue weighted by Crippen LogP contribution is 2.26. The molecule has 3 aromatic rings. The van der Waals surface area contributed by atoms with Crippen LogP contribution in [-0.4, -0.2) is 23.5 Å². The van der Waals surface area contributed by atoms with Gasteiger partial charge in [-0.15, -0.1) is 0 Å². The van der Waals surface area contributed by atoms with E-state index in [0.29, 0.717) is 18.6 Å². The molecule has 5 heteroatoms. The van der Waals surface area contributed by atoms with Crippen LogP contribution in [0.5, 0.6) is 5.75 Å². The van der Waals surface area contributed by atoms with Gasteiger partial charge in [0.1, 0.15) is 11.6 Å². The van der Waals surface area contributed by atoms with E-state index in [2.05, 4.69) is 0 Å². The van der Waals surface area contributed by atoms with Gasteiger partial charge in [-0.25, -0.2) is 0 Å². The second kappa shape index (κ2) is 7.91. The molecule has 0 aliphatic carbocycles. The number of rotatable bonds is 6. The van der Waals surface area contributed by atoms with Crippen molar-refractivity contribution in [3.05, 3.63) is 77.4 Å². The molecular weight excluding hydrogens is 340 g/mol. The molecule has 0 heterocycles. The van der Waals surface area contributed by atoms with Gasteiger partial charge in [0.05, 0.1) is 12.5 Å². The molecule has 4 N–H and O–H groups in total. The highest BCUT2D eigenvalue weighted by Gasteiger charge is 2.22. The van der Waals surface area contributed by atoms with E-state index in [1.165, 1.54) is 0 Å². The fourth-order valence-corrected chi connectivity index (χ4v) is 3.11. The lowest BCUT2D eigenvalue weighted by Gasteiger charge is -2.17. The number of nitrogens with one attached hydrogen (secondary N) is 1. The maximum Gasteiger partial charge on any atom is 0.313 e. The van der Waals surface area contributed by atoms with E-state index in [4.69, 9.17) is 15.9 Å². The predicted octanol–water partition coefficient (Wildman–Crippen LogP) is 3.72. The number of carbonyl (C=O) groups excluding carboxylic acids is 1. The van der Waals surface area contributed by atoms with Crippen molar-refractivity contribution in [3.63, 3.8) is 0 Å². The molecule has 3 aromatic carbocycles. The summed E-state index contributed by atoms with van der Waals surface area (Å²) >= 11 is 0. The predicted molar refractivity (Wildman–Crippen MR) is 106 cm³/mol. The van der Waals surface area contributed by atoms with E-state index in [-0.39, 0.29) is 17.6 Å². The number of carbonyl (C=O) groups is 1.